The topological polar surface area (TPSA) is 72.3 Å². The molecule has 0 fully saturated rings. The second-order valence-corrected chi connectivity index (χ2v) is 3.87. The molecule has 0 aromatic carbocycles. The standard InChI is InChI=1S/C9H10N2O3S/c1-15-9-10-6-4-14-3-2-5(6)7(11-9)8(12)13/h2-4H2,1H3,(H,12,13). The molecule has 5 nitrogen and oxygen atoms in total. The fraction of sp³-hybridized carbons (Fsp3) is 0.444. The highest BCUT2D eigenvalue weighted by molar-refractivity contribution is 7.98. The van der Waals surface area contributed by atoms with Gasteiger partial charge in [0.25, 0.3) is 0 Å². The molecule has 6 heteroatoms. The molecule has 0 atom stereocenters. The molecule has 1 N–H and O–H groups in total. The van der Waals surface area contributed by atoms with Gasteiger partial charge in [0.1, 0.15) is 0 Å². The Morgan fingerprint density at radius 2 is 2.33 bits per heavy atom. The summed E-state index contributed by atoms with van der Waals surface area (Å²) in [5, 5.41) is 9.50. The Morgan fingerprint density at radius 3 is 3.00 bits per heavy atom. The first-order valence-electron chi connectivity index (χ1n) is 4.47. The van der Waals surface area contributed by atoms with E-state index in [0.717, 1.165) is 0 Å². The predicted molar refractivity (Wildman–Crippen MR) is 54.1 cm³/mol. The molecule has 1 aromatic heterocycles. The van der Waals surface area contributed by atoms with Crippen LogP contribution in [-0.2, 0) is 17.8 Å². The summed E-state index contributed by atoms with van der Waals surface area (Å²) in [6, 6.07) is 0. The van der Waals surface area contributed by atoms with Gasteiger partial charge in [-0.15, -0.1) is 0 Å². The molecule has 0 saturated heterocycles. The number of thioether (sulfide) groups is 1. The number of carboxylic acid groups (broad SMARTS) is 1. The molecule has 2 rings (SSSR count). The lowest BCUT2D eigenvalue weighted by molar-refractivity contribution is 0.0679. The molecular weight excluding hydrogens is 216 g/mol. The lowest BCUT2D eigenvalue weighted by atomic mass is 10.1. The number of aromatic nitrogens is 2. The Morgan fingerprint density at radius 1 is 1.53 bits per heavy atom. The zero-order chi connectivity index (χ0) is 10.8. The molecule has 80 valence electrons. The van der Waals surface area contributed by atoms with Gasteiger partial charge in [-0.3, -0.25) is 0 Å². The van der Waals surface area contributed by atoms with Crippen LogP contribution < -0.4 is 0 Å². The van der Waals surface area contributed by atoms with E-state index in [1.54, 1.807) is 0 Å². The molecule has 1 aliphatic rings. The Bertz CT molecular complexity index is 409. The largest absolute Gasteiger partial charge is 0.476 e. The lowest BCUT2D eigenvalue weighted by Crippen LogP contribution is -2.19. The molecule has 0 saturated carbocycles. The van der Waals surface area contributed by atoms with Gasteiger partial charge < -0.3 is 9.84 Å². The second-order valence-electron chi connectivity index (χ2n) is 3.09. The smallest absolute Gasteiger partial charge is 0.354 e. The SMILES string of the molecule is CSc1nc2c(c(C(=O)O)n1)CCOC2. The van der Waals surface area contributed by atoms with Gasteiger partial charge >= 0.3 is 5.97 Å². The van der Waals surface area contributed by atoms with E-state index in [0.29, 0.717) is 36.0 Å². The molecule has 1 aromatic rings. The van der Waals surface area contributed by atoms with Crippen LogP contribution in [0, 0.1) is 0 Å². The van der Waals surface area contributed by atoms with Crippen molar-refractivity contribution in [3.05, 3.63) is 17.0 Å². The third kappa shape index (κ3) is 1.95. The summed E-state index contributed by atoms with van der Waals surface area (Å²) in [6.07, 6.45) is 2.39. The zero-order valence-electron chi connectivity index (χ0n) is 8.19. The number of hydrogen-bond acceptors (Lipinski definition) is 5. The van der Waals surface area contributed by atoms with E-state index in [-0.39, 0.29) is 5.69 Å². The van der Waals surface area contributed by atoms with E-state index in [1.165, 1.54) is 11.8 Å². The van der Waals surface area contributed by atoms with Crippen LogP contribution >= 0.6 is 11.8 Å². The first kappa shape index (κ1) is 10.4. The Labute approximate surface area is 90.9 Å². The fourth-order valence-electron chi connectivity index (χ4n) is 1.50. The normalized spacial score (nSPS) is 14.7. The third-order valence-corrected chi connectivity index (χ3v) is 2.74. The summed E-state index contributed by atoms with van der Waals surface area (Å²) >= 11 is 1.33. The van der Waals surface area contributed by atoms with Crippen LogP contribution in [-0.4, -0.2) is 33.9 Å². The van der Waals surface area contributed by atoms with E-state index in [1.807, 2.05) is 6.26 Å². The maximum Gasteiger partial charge on any atom is 0.354 e. The molecule has 0 aliphatic carbocycles. The van der Waals surface area contributed by atoms with Crippen molar-refractivity contribution in [1.29, 1.82) is 0 Å². The van der Waals surface area contributed by atoms with Gasteiger partial charge in [0, 0.05) is 12.0 Å². The minimum Gasteiger partial charge on any atom is -0.476 e. The van der Waals surface area contributed by atoms with Gasteiger partial charge in [-0.2, -0.15) is 0 Å². The Balaban J connectivity index is 2.55. The molecular formula is C9H10N2O3S. The number of fused-ring (bicyclic) bond motifs is 1. The van der Waals surface area contributed by atoms with Gasteiger partial charge in [0.2, 0.25) is 0 Å². The van der Waals surface area contributed by atoms with Crippen molar-refractivity contribution < 1.29 is 14.6 Å². The number of nitrogens with zero attached hydrogens (tertiary/aromatic N) is 2. The number of carbonyl (C=O) groups is 1. The van der Waals surface area contributed by atoms with Gasteiger partial charge in [-0.05, 0) is 6.26 Å². The average molecular weight is 226 g/mol. The molecule has 0 radical (unpaired) electrons. The number of aromatic carboxylic acids is 1. The van der Waals surface area contributed by atoms with E-state index in [4.69, 9.17) is 9.84 Å². The molecule has 0 amide bonds. The van der Waals surface area contributed by atoms with Gasteiger partial charge in [0.15, 0.2) is 10.9 Å². The van der Waals surface area contributed by atoms with Crippen LogP contribution in [0.25, 0.3) is 0 Å². The first-order valence-corrected chi connectivity index (χ1v) is 5.69. The van der Waals surface area contributed by atoms with Crippen molar-refractivity contribution in [2.24, 2.45) is 0 Å². The van der Waals surface area contributed by atoms with E-state index in [2.05, 4.69) is 9.97 Å². The van der Waals surface area contributed by atoms with Crippen LogP contribution in [0.5, 0.6) is 0 Å². The van der Waals surface area contributed by atoms with Crippen molar-refractivity contribution in [2.45, 2.75) is 18.2 Å². The van der Waals surface area contributed by atoms with E-state index >= 15 is 0 Å². The Kier molecular flexibility index (Phi) is 2.88. The highest BCUT2D eigenvalue weighted by Crippen LogP contribution is 2.21. The molecule has 0 unspecified atom stereocenters. The van der Waals surface area contributed by atoms with Crippen molar-refractivity contribution in [3.63, 3.8) is 0 Å². The molecule has 1 aliphatic heterocycles. The zero-order valence-corrected chi connectivity index (χ0v) is 9.00. The number of carboxylic acids is 1. The van der Waals surface area contributed by atoms with Crippen LogP contribution in [0.15, 0.2) is 5.16 Å². The van der Waals surface area contributed by atoms with E-state index < -0.39 is 5.97 Å². The molecule has 0 bridgehead atoms. The van der Waals surface area contributed by atoms with Crippen LogP contribution in [0.4, 0.5) is 0 Å². The third-order valence-electron chi connectivity index (χ3n) is 2.19. The van der Waals surface area contributed by atoms with Crippen molar-refractivity contribution in [2.75, 3.05) is 12.9 Å². The maximum atomic E-state index is 11.0. The minimum absolute atomic E-state index is 0.118. The number of hydrogen-bond donors (Lipinski definition) is 1. The van der Waals surface area contributed by atoms with Crippen LogP contribution in [0.3, 0.4) is 0 Å². The summed E-state index contributed by atoms with van der Waals surface area (Å²) < 4.78 is 5.24. The predicted octanol–water partition coefficient (Wildman–Crippen LogP) is 0.969. The lowest BCUT2D eigenvalue weighted by Gasteiger charge is -2.17. The molecule has 0 spiro atoms. The minimum atomic E-state index is -0.995. The van der Waals surface area contributed by atoms with Crippen LogP contribution in [0.1, 0.15) is 21.7 Å². The van der Waals surface area contributed by atoms with Crippen LogP contribution in [0.2, 0.25) is 0 Å². The summed E-state index contributed by atoms with van der Waals surface area (Å²) in [6.45, 7) is 0.918. The van der Waals surface area contributed by atoms with Gasteiger partial charge in [0.05, 0.1) is 18.9 Å². The summed E-state index contributed by atoms with van der Waals surface area (Å²) in [5.74, 6) is -0.995. The fourth-order valence-corrected chi connectivity index (χ4v) is 1.89. The molecule has 15 heavy (non-hydrogen) atoms. The van der Waals surface area contributed by atoms with Crippen molar-refractivity contribution in [1.82, 2.24) is 9.97 Å². The second kappa shape index (κ2) is 4.16. The monoisotopic (exact) mass is 226 g/mol. The molecule has 2 heterocycles. The van der Waals surface area contributed by atoms with Crippen molar-refractivity contribution in [3.8, 4) is 0 Å². The highest BCUT2D eigenvalue weighted by atomic mass is 32.2. The number of rotatable bonds is 2. The Hall–Kier alpha value is -1.14. The van der Waals surface area contributed by atoms with Crippen molar-refractivity contribution >= 4 is 17.7 Å². The van der Waals surface area contributed by atoms with E-state index in [9.17, 15) is 4.79 Å². The van der Waals surface area contributed by atoms with Gasteiger partial charge in [-0.1, -0.05) is 11.8 Å². The highest BCUT2D eigenvalue weighted by Gasteiger charge is 2.21. The number of ether oxygens (including phenoxy) is 1. The summed E-state index contributed by atoms with van der Waals surface area (Å²) in [4.78, 5) is 19.2. The maximum absolute atomic E-state index is 11.0. The van der Waals surface area contributed by atoms with Gasteiger partial charge in [-0.25, -0.2) is 14.8 Å². The summed E-state index contributed by atoms with van der Waals surface area (Å²) in [5.41, 5.74) is 1.54. The average Bonchev–Trinajstić information content (AvgIpc) is 2.27. The quantitative estimate of drug-likeness (QED) is 0.598. The first-order chi connectivity index (χ1) is 7.22. The summed E-state index contributed by atoms with van der Waals surface area (Å²) in [7, 11) is 0.